The average Bonchev–Trinajstić information content (AvgIpc) is 3.26. The van der Waals surface area contributed by atoms with Crippen LogP contribution in [0.4, 0.5) is 0 Å². The van der Waals surface area contributed by atoms with Gasteiger partial charge in [-0.05, 0) is 124 Å². The summed E-state index contributed by atoms with van der Waals surface area (Å²) in [6.07, 6.45) is 15.1. The molecule has 4 aliphatic carbocycles. The number of rotatable bonds is 14. The highest BCUT2D eigenvalue weighted by Gasteiger charge is 2.61. The fourth-order valence-corrected chi connectivity index (χ4v) is 10.5. The van der Waals surface area contributed by atoms with E-state index in [1.54, 1.807) is 0 Å². The van der Waals surface area contributed by atoms with Crippen molar-refractivity contribution in [1.29, 1.82) is 0 Å². The SMILES string of the molecule is CCOCCC(N)(CCOCC)C1=C2C[C@@H](O)CC[C@]2(C)[C@H]2CC[C@]3(C)[C@@H]([C@H](C)CCCC(C)C)CC[C@H]3[C@@H]2C1. The van der Waals surface area contributed by atoms with Gasteiger partial charge in [0.25, 0.3) is 0 Å². The third-order valence-electron chi connectivity index (χ3n) is 12.8. The first kappa shape index (κ1) is 32.5. The highest BCUT2D eigenvalue weighted by Crippen LogP contribution is 2.69. The van der Waals surface area contributed by atoms with E-state index >= 15 is 0 Å². The van der Waals surface area contributed by atoms with Crippen molar-refractivity contribution in [1.82, 2.24) is 0 Å². The van der Waals surface area contributed by atoms with Crippen molar-refractivity contribution in [2.24, 2.45) is 52.1 Å². The molecule has 8 atom stereocenters. The summed E-state index contributed by atoms with van der Waals surface area (Å²) < 4.78 is 11.8. The van der Waals surface area contributed by atoms with Crippen LogP contribution in [0.15, 0.2) is 11.1 Å². The first-order chi connectivity index (χ1) is 19.0. The molecule has 0 aromatic carbocycles. The Bertz CT molecular complexity index is 843. The molecule has 0 unspecified atom stereocenters. The summed E-state index contributed by atoms with van der Waals surface area (Å²) in [4.78, 5) is 0. The van der Waals surface area contributed by atoms with E-state index < -0.39 is 5.54 Å². The third kappa shape index (κ3) is 6.41. The van der Waals surface area contributed by atoms with Gasteiger partial charge in [-0.2, -0.15) is 0 Å². The molecule has 40 heavy (non-hydrogen) atoms. The minimum atomic E-state index is -0.418. The zero-order valence-corrected chi connectivity index (χ0v) is 27.4. The average molecular weight is 560 g/mol. The Morgan fingerprint density at radius 1 is 0.900 bits per heavy atom. The molecule has 0 bridgehead atoms. The number of aliphatic hydroxyl groups excluding tert-OH is 1. The van der Waals surface area contributed by atoms with Crippen molar-refractivity contribution in [3.63, 3.8) is 0 Å². The molecule has 4 nitrogen and oxygen atoms in total. The number of aliphatic hydroxyl groups is 1. The summed E-state index contributed by atoms with van der Waals surface area (Å²) in [6.45, 7) is 19.6. The Morgan fingerprint density at radius 3 is 2.20 bits per heavy atom. The third-order valence-corrected chi connectivity index (χ3v) is 12.8. The normalized spacial score (nSPS) is 36.9. The lowest BCUT2D eigenvalue weighted by Gasteiger charge is -2.61. The second-order valence-electron chi connectivity index (χ2n) is 15.4. The number of fused-ring (bicyclic) bond motifs is 5. The minimum Gasteiger partial charge on any atom is -0.393 e. The Morgan fingerprint density at radius 2 is 1.57 bits per heavy atom. The van der Waals surface area contributed by atoms with Crippen LogP contribution >= 0.6 is 0 Å². The Hall–Kier alpha value is -0.420. The van der Waals surface area contributed by atoms with Crippen LogP contribution in [0, 0.1) is 46.3 Å². The standard InChI is InChI=1S/C36H65NO3/c1-8-39-21-19-36(37,20-22-40-9-2)33-24-28-30-14-13-29(26(5)12-10-11-25(3)4)34(30,6)18-16-31(28)35(7)17-15-27(38)23-32(33)35/h25-31,38H,8-24,37H2,1-7H3/t26-,27+,28+,29-,30+,31+,34-,35-/m1/s1. The van der Waals surface area contributed by atoms with Crippen molar-refractivity contribution in [3.05, 3.63) is 11.1 Å². The number of hydrogen-bond donors (Lipinski definition) is 2. The largest absolute Gasteiger partial charge is 0.393 e. The van der Waals surface area contributed by atoms with Crippen LogP contribution in [-0.4, -0.2) is 43.2 Å². The zero-order chi connectivity index (χ0) is 29.1. The fourth-order valence-electron chi connectivity index (χ4n) is 10.5. The van der Waals surface area contributed by atoms with Crippen LogP contribution in [-0.2, 0) is 9.47 Å². The lowest BCUT2D eigenvalue weighted by Crippen LogP contribution is -2.55. The van der Waals surface area contributed by atoms with Gasteiger partial charge in [-0.3, -0.25) is 0 Å². The number of hydrogen-bond acceptors (Lipinski definition) is 4. The van der Waals surface area contributed by atoms with Gasteiger partial charge in [0, 0.05) is 32.0 Å². The molecule has 3 fully saturated rings. The summed E-state index contributed by atoms with van der Waals surface area (Å²) in [6, 6.07) is 0. The van der Waals surface area contributed by atoms with Crippen molar-refractivity contribution >= 4 is 0 Å². The quantitative estimate of drug-likeness (QED) is 0.166. The van der Waals surface area contributed by atoms with E-state index in [0.717, 1.165) is 81.3 Å². The molecular weight excluding hydrogens is 494 g/mol. The molecule has 0 radical (unpaired) electrons. The molecule has 4 aliphatic rings. The summed E-state index contributed by atoms with van der Waals surface area (Å²) in [7, 11) is 0. The van der Waals surface area contributed by atoms with Crippen LogP contribution in [0.3, 0.4) is 0 Å². The molecule has 0 saturated heterocycles. The molecule has 3 N–H and O–H groups in total. The van der Waals surface area contributed by atoms with E-state index in [9.17, 15) is 5.11 Å². The summed E-state index contributed by atoms with van der Waals surface area (Å²) in [5, 5.41) is 10.9. The van der Waals surface area contributed by atoms with E-state index in [2.05, 4.69) is 48.5 Å². The Balaban J connectivity index is 1.66. The van der Waals surface area contributed by atoms with Crippen LogP contribution in [0.5, 0.6) is 0 Å². The summed E-state index contributed by atoms with van der Waals surface area (Å²) in [5.41, 5.74) is 10.7. The zero-order valence-electron chi connectivity index (χ0n) is 27.4. The smallest absolute Gasteiger partial charge is 0.0578 e. The van der Waals surface area contributed by atoms with Crippen LogP contribution in [0.2, 0.25) is 0 Å². The molecule has 0 spiro atoms. The van der Waals surface area contributed by atoms with E-state index in [1.165, 1.54) is 56.1 Å². The van der Waals surface area contributed by atoms with Gasteiger partial charge < -0.3 is 20.3 Å². The lowest BCUT2D eigenvalue weighted by molar-refractivity contribution is -0.0625. The van der Waals surface area contributed by atoms with Gasteiger partial charge >= 0.3 is 0 Å². The first-order valence-corrected chi connectivity index (χ1v) is 17.4. The van der Waals surface area contributed by atoms with Gasteiger partial charge in [-0.25, -0.2) is 0 Å². The molecule has 3 saturated carbocycles. The fraction of sp³-hybridized carbons (Fsp3) is 0.944. The predicted molar refractivity (Wildman–Crippen MR) is 167 cm³/mol. The van der Waals surface area contributed by atoms with Crippen molar-refractivity contribution in [2.45, 2.75) is 144 Å². The van der Waals surface area contributed by atoms with Gasteiger partial charge in [0.2, 0.25) is 0 Å². The topological polar surface area (TPSA) is 64.7 Å². The predicted octanol–water partition coefficient (Wildman–Crippen LogP) is 8.31. The van der Waals surface area contributed by atoms with Gasteiger partial charge in [0.1, 0.15) is 0 Å². The Labute approximate surface area is 247 Å². The molecule has 4 heteroatoms. The highest BCUT2D eigenvalue weighted by molar-refractivity contribution is 5.37. The maximum absolute atomic E-state index is 10.9. The molecule has 0 aliphatic heterocycles. The van der Waals surface area contributed by atoms with E-state index in [4.69, 9.17) is 15.2 Å². The van der Waals surface area contributed by atoms with E-state index in [-0.39, 0.29) is 11.5 Å². The molecule has 0 aromatic heterocycles. The second-order valence-corrected chi connectivity index (χ2v) is 15.4. The van der Waals surface area contributed by atoms with Crippen molar-refractivity contribution < 1.29 is 14.6 Å². The summed E-state index contributed by atoms with van der Waals surface area (Å²) >= 11 is 0. The Kier molecular flexibility index (Phi) is 10.9. The second kappa shape index (κ2) is 13.5. The minimum absolute atomic E-state index is 0.168. The van der Waals surface area contributed by atoms with Crippen molar-refractivity contribution in [2.75, 3.05) is 26.4 Å². The maximum atomic E-state index is 10.9. The first-order valence-electron chi connectivity index (χ1n) is 17.4. The van der Waals surface area contributed by atoms with Crippen molar-refractivity contribution in [3.8, 4) is 0 Å². The maximum Gasteiger partial charge on any atom is 0.0578 e. The van der Waals surface area contributed by atoms with Gasteiger partial charge in [-0.1, -0.05) is 65.0 Å². The lowest BCUT2D eigenvalue weighted by atomic mass is 9.44. The molecule has 232 valence electrons. The van der Waals surface area contributed by atoms with Crippen LogP contribution < -0.4 is 5.73 Å². The van der Waals surface area contributed by atoms with Crippen LogP contribution in [0.25, 0.3) is 0 Å². The monoisotopic (exact) mass is 559 g/mol. The van der Waals surface area contributed by atoms with E-state index in [1.807, 2.05) is 0 Å². The highest BCUT2D eigenvalue weighted by atomic mass is 16.5. The number of ether oxygens (including phenoxy) is 2. The molecule has 0 heterocycles. The van der Waals surface area contributed by atoms with Gasteiger partial charge in [0.05, 0.1) is 6.10 Å². The molecule has 0 amide bonds. The molecular formula is C36H65NO3. The molecule has 4 rings (SSSR count). The van der Waals surface area contributed by atoms with Gasteiger partial charge in [0.15, 0.2) is 0 Å². The van der Waals surface area contributed by atoms with Gasteiger partial charge in [-0.15, -0.1) is 0 Å². The molecule has 0 aromatic rings. The van der Waals surface area contributed by atoms with E-state index in [0.29, 0.717) is 24.5 Å². The summed E-state index contributed by atoms with van der Waals surface area (Å²) in [5.74, 6) is 4.74. The van der Waals surface area contributed by atoms with Crippen LogP contribution in [0.1, 0.15) is 132 Å². The number of nitrogens with two attached hydrogens (primary N) is 1.